The first-order chi connectivity index (χ1) is 8.88. The van der Waals surface area contributed by atoms with E-state index < -0.39 is 10.0 Å². The van der Waals surface area contributed by atoms with Crippen LogP contribution in [0, 0.1) is 6.92 Å². The maximum Gasteiger partial charge on any atom is 0.261 e. The molecule has 0 fully saturated rings. The molecule has 3 N–H and O–H groups in total. The summed E-state index contributed by atoms with van der Waals surface area (Å²) >= 11 is 5.77. The van der Waals surface area contributed by atoms with Crippen molar-refractivity contribution >= 4 is 33.0 Å². The molecule has 0 spiro atoms. The zero-order chi connectivity index (χ0) is 14.0. The Bertz CT molecular complexity index is 697. The van der Waals surface area contributed by atoms with Gasteiger partial charge >= 0.3 is 0 Å². The fourth-order valence-electron chi connectivity index (χ4n) is 1.52. The molecule has 0 aliphatic carbocycles. The van der Waals surface area contributed by atoms with Gasteiger partial charge in [0.1, 0.15) is 0 Å². The number of nitrogen functional groups attached to an aromatic ring is 1. The third-order valence-electron chi connectivity index (χ3n) is 2.58. The Morgan fingerprint density at radius 2 is 1.74 bits per heavy atom. The minimum atomic E-state index is -3.65. The van der Waals surface area contributed by atoms with Crippen LogP contribution in [0.5, 0.6) is 0 Å². The van der Waals surface area contributed by atoms with Crippen LogP contribution in [-0.4, -0.2) is 8.42 Å². The lowest BCUT2D eigenvalue weighted by atomic mass is 10.2. The molecule has 0 heterocycles. The highest BCUT2D eigenvalue weighted by atomic mass is 35.5. The van der Waals surface area contributed by atoms with E-state index in [0.717, 1.165) is 5.56 Å². The van der Waals surface area contributed by atoms with E-state index in [2.05, 4.69) is 4.72 Å². The van der Waals surface area contributed by atoms with E-state index in [4.69, 9.17) is 17.3 Å². The smallest absolute Gasteiger partial charge is 0.261 e. The average molecular weight is 297 g/mol. The van der Waals surface area contributed by atoms with Gasteiger partial charge in [0.15, 0.2) is 0 Å². The molecule has 19 heavy (non-hydrogen) atoms. The Kier molecular flexibility index (Phi) is 3.68. The van der Waals surface area contributed by atoms with Gasteiger partial charge in [-0.2, -0.15) is 0 Å². The molecule has 0 aliphatic heterocycles. The van der Waals surface area contributed by atoms with E-state index in [1.165, 1.54) is 18.2 Å². The summed E-state index contributed by atoms with van der Waals surface area (Å²) in [5, 5.41) is 0.328. The summed E-state index contributed by atoms with van der Waals surface area (Å²) in [7, 11) is -3.65. The van der Waals surface area contributed by atoms with Gasteiger partial charge in [-0.1, -0.05) is 29.3 Å². The number of hydrogen-bond acceptors (Lipinski definition) is 3. The molecule has 100 valence electrons. The Morgan fingerprint density at radius 1 is 1.11 bits per heavy atom. The predicted octanol–water partition coefficient (Wildman–Crippen LogP) is 3.03. The average Bonchev–Trinajstić information content (AvgIpc) is 2.35. The van der Waals surface area contributed by atoms with Crippen LogP contribution in [-0.2, 0) is 10.0 Å². The van der Waals surface area contributed by atoms with Gasteiger partial charge in [-0.3, -0.25) is 4.72 Å². The third-order valence-corrected chi connectivity index (χ3v) is 4.30. The fraction of sp³-hybridized carbons (Fsp3) is 0.0769. The highest BCUT2D eigenvalue weighted by Gasteiger charge is 2.15. The molecule has 0 aliphatic rings. The summed E-state index contributed by atoms with van der Waals surface area (Å²) in [5.41, 5.74) is 7.39. The van der Waals surface area contributed by atoms with Crippen LogP contribution in [0.4, 0.5) is 11.4 Å². The molecular weight excluding hydrogens is 284 g/mol. The van der Waals surface area contributed by atoms with Gasteiger partial charge in [-0.25, -0.2) is 8.42 Å². The summed E-state index contributed by atoms with van der Waals surface area (Å²) in [6.07, 6.45) is 0. The first-order valence-corrected chi connectivity index (χ1v) is 7.39. The zero-order valence-corrected chi connectivity index (χ0v) is 11.8. The van der Waals surface area contributed by atoms with E-state index in [1.807, 2.05) is 19.1 Å². The van der Waals surface area contributed by atoms with Gasteiger partial charge in [0.05, 0.1) is 15.6 Å². The Balaban J connectivity index is 2.32. The summed E-state index contributed by atoms with van der Waals surface area (Å²) in [6, 6.07) is 11.3. The normalized spacial score (nSPS) is 11.3. The second-order valence-electron chi connectivity index (χ2n) is 4.15. The van der Waals surface area contributed by atoms with Gasteiger partial charge in [0, 0.05) is 5.69 Å². The van der Waals surface area contributed by atoms with Crippen LogP contribution in [0.1, 0.15) is 5.56 Å². The molecule has 0 amide bonds. The van der Waals surface area contributed by atoms with Gasteiger partial charge in [0.2, 0.25) is 0 Å². The quantitative estimate of drug-likeness (QED) is 0.855. The number of rotatable bonds is 3. The van der Waals surface area contributed by atoms with Crippen LogP contribution in [0.15, 0.2) is 47.4 Å². The molecule has 0 saturated heterocycles. The summed E-state index contributed by atoms with van der Waals surface area (Å²) in [5.74, 6) is 0. The van der Waals surface area contributed by atoms with E-state index in [-0.39, 0.29) is 10.6 Å². The largest absolute Gasteiger partial charge is 0.397 e. The standard InChI is InChI=1S/C13H13ClN2O2S/c1-9-2-4-10(5-3-9)16-19(17,18)11-6-7-12(14)13(15)8-11/h2-8,16H,15H2,1H3. The minimum Gasteiger partial charge on any atom is -0.397 e. The maximum atomic E-state index is 12.1. The summed E-state index contributed by atoms with van der Waals surface area (Å²) in [6.45, 7) is 1.93. The molecule has 0 atom stereocenters. The highest BCUT2D eigenvalue weighted by molar-refractivity contribution is 7.92. The molecule has 4 nitrogen and oxygen atoms in total. The molecule has 0 bridgehead atoms. The lowest BCUT2D eigenvalue weighted by molar-refractivity contribution is 0.601. The van der Waals surface area contributed by atoms with Gasteiger partial charge < -0.3 is 5.73 Å². The number of anilines is 2. The van der Waals surface area contributed by atoms with E-state index in [1.54, 1.807) is 12.1 Å². The number of benzene rings is 2. The number of aryl methyl sites for hydroxylation is 1. The first kappa shape index (κ1) is 13.7. The summed E-state index contributed by atoms with van der Waals surface area (Å²) in [4.78, 5) is 0.0787. The lowest BCUT2D eigenvalue weighted by Crippen LogP contribution is -2.13. The Hall–Kier alpha value is -1.72. The fourth-order valence-corrected chi connectivity index (χ4v) is 2.74. The van der Waals surface area contributed by atoms with Gasteiger partial charge in [0.25, 0.3) is 10.0 Å². The number of nitrogens with two attached hydrogens (primary N) is 1. The molecule has 0 unspecified atom stereocenters. The van der Waals surface area contributed by atoms with Crippen molar-refractivity contribution in [2.45, 2.75) is 11.8 Å². The molecule has 2 aromatic rings. The van der Waals surface area contributed by atoms with Crippen LogP contribution in [0.25, 0.3) is 0 Å². The number of hydrogen-bond donors (Lipinski definition) is 2. The van der Waals surface area contributed by atoms with Crippen molar-refractivity contribution in [3.8, 4) is 0 Å². The van der Waals surface area contributed by atoms with Crippen molar-refractivity contribution in [2.75, 3.05) is 10.5 Å². The van der Waals surface area contributed by atoms with E-state index in [0.29, 0.717) is 10.7 Å². The van der Waals surface area contributed by atoms with Crippen molar-refractivity contribution < 1.29 is 8.42 Å². The Labute approximate surface area is 117 Å². The van der Waals surface area contributed by atoms with Crippen LogP contribution in [0.2, 0.25) is 5.02 Å². The van der Waals surface area contributed by atoms with Gasteiger partial charge in [-0.05, 0) is 37.3 Å². The van der Waals surface area contributed by atoms with Gasteiger partial charge in [-0.15, -0.1) is 0 Å². The van der Waals surface area contributed by atoms with Crippen LogP contribution < -0.4 is 10.5 Å². The zero-order valence-electron chi connectivity index (χ0n) is 10.2. The molecule has 0 radical (unpaired) electrons. The number of nitrogens with one attached hydrogen (secondary N) is 1. The first-order valence-electron chi connectivity index (χ1n) is 5.53. The van der Waals surface area contributed by atoms with Crippen molar-refractivity contribution in [2.24, 2.45) is 0 Å². The van der Waals surface area contributed by atoms with Crippen LogP contribution >= 0.6 is 11.6 Å². The van der Waals surface area contributed by atoms with E-state index >= 15 is 0 Å². The highest BCUT2D eigenvalue weighted by Crippen LogP contribution is 2.23. The minimum absolute atomic E-state index is 0.0787. The second-order valence-corrected chi connectivity index (χ2v) is 6.24. The topological polar surface area (TPSA) is 72.2 Å². The molecule has 2 aromatic carbocycles. The molecule has 2 rings (SSSR count). The van der Waals surface area contributed by atoms with Crippen molar-refractivity contribution in [1.82, 2.24) is 0 Å². The molecule has 0 aromatic heterocycles. The number of sulfonamides is 1. The summed E-state index contributed by atoms with van der Waals surface area (Å²) < 4.78 is 26.8. The van der Waals surface area contributed by atoms with E-state index in [9.17, 15) is 8.42 Å². The predicted molar refractivity (Wildman–Crippen MR) is 77.9 cm³/mol. The second kappa shape index (κ2) is 5.11. The molecule has 0 saturated carbocycles. The van der Waals surface area contributed by atoms with Crippen molar-refractivity contribution in [3.05, 3.63) is 53.1 Å². The monoisotopic (exact) mass is 296 g/mol. The maximum absolute atomic E-state index is 12.1. The third kappa shape index (κ3) is 3.19. The molecule has 6 heteroatoms. The SMILES string of the molecule is Cc1ccc(NS(=O)(=O)c2ccc(Cl)c(N)c2)cc1. The number of halogens is 1. The Morgan fingerprint density at radius 3 is 2.32 bits per heavy atom. The van der Waals surface area contributed by atoms with Crippen molar-refractivity contribution in [3.63, 3.8) is 0 Å². The molecular formula is C13H13ClN2O2S. The van der Waals surface area contributed by atoms with Crippen LogP contribution in [0.3, 0.4) is 0 Å². The lowest BCUT2D eigenvalue weighted by Gasteiger charge is -2.09. The van der Waals surface area contributed by atoms with Crippen molar-refractivity contribution in [1.29, 1.82) is 0 Å².